The zero-order valence-corrected chi connectivity index (χ0v) is 9.87. The van der Waals surface area contributed by atoms with E-state index in [1.807, 2.05) is 32.0 Å². The van der Waals surface area contributed by atoms with E-state index in [1.54, 1.807) is 0 Å². The number of hydrogen-bond donors (Lipinski definition) is 1. The summed E-state index contributed by atoms with van der Waals surface area (Å²) in [5, 5.41) is 0. The Kier molecular flexibility index (Phi) is 2.69. The van der Waals surface area contributed by atoms with Crippen molar-refractivity contribution < 1.29 is 4.42 Å². The molecule has 2 N–H and O–H groups in total. The van der Waals surface area contributed by atoms with Gasteiger partial charge in [-0.25, -0.2) is 4.98 Å². The molecule has 0 bridgehead atoms. The molecule has 0 spiro atoms. The van der Waals surface area contributed by atoms with Gasteiger partial charge in [0.15, 0.2) is 0 Å². The van der Waals surface area contributed by atoms with Gasteiger partial charge in [-0.05, 0) is 31.5 Å². The van der Waals surface area contributed by atoms with E-state index in [1.165, 1.54) is 0 Å². The summed E-state index contributed by atoms with van der Waals surface area (Å²) in [6.07, 6.45) is 0.861. The van der Waals surface area contributed by atoms with Gasteiger partial charge >= 0.3 is 0 Å². The van der Waals surface area contributed by atoms with Crippen molar-refractivity contribution in [1.82, 2.24) is 4.98 Å². The summed E-state index contributed by atoms with van der Waals surface area (Å²) in [7, 11) is 0. The Hall–Kier alpha value is -1.77. The lowest BCUT2D eigenvalue weighted by Gasteiger charge is -2.02. The van der Waals surface area contributed by atoms with Crippen molar-refractivity contribution in [3.05, 3.63) is 35.2 Å². The minimum atomic E-state index is 0.666. The maximum absolute atomic E-state index is 5.77. The number of hydrogen-bond acceptors (Lipinski definition) is 3. The Bertz CT molecular complexity index is 515. The van der Waals surface area contributed by atoms with Crippen LogP contribution in [0.4, 0.5) is 5.69 Å². The lowest BCUT2D eigenvalue weighted by atomic mass is 10.1. The van der Waals surface area contributed by atoms with Crippen molar-refractivity contribution in [2.75, 3.05) is 5.73 Å². The molecule has 84 valence electrons. The molecule has 0 aliphatic heterocycles. The molecule has 0 fully saturated rings. The van der Waals surface area contributed by atoms with Crippen LogP contribution >= 0.6 is 0 Å². The van der Waals surface area contributed by atoms with Crippen LogP contribution in [-0.2, 0) is 6.42 Å². The summed E-state index contributed by atoms with van der Waals surface area (Å²) < 4.78 is 5.72. The van der Waals surface area contributed by atoms with Gasteiger partial charge < -0.3 is 10.2 Å². The Balaban J connectivity index is 2.53. The van der Waals surface area contributed by atoms with Gasteiger partial charge in [-0.15, -0.1) is 0 Å². The zero-order valence-electron chi connectivity index (χ0n) is 9.87. The van der Waals surface area contributed by atoms with Crippen LogP contribution in [0.1, 0.15) is 23.9 Å². The molecule has 0 saturated heterocycles. The van der Waals surface area contributed by atoms with Crippen LogP contribution in [0.15, 0.2) is 22.6 Å². The Morgan fingerprint density at radius 3 is 2.69 bits per heavy atom. The molecular weight excluding hydrogens is 200 g/mol. The molecule has 3 nitrogen and oxygen atoms in total. The number of anilines is 1. The third kappa shape index (κ3) is 1.81. The molecule has 1 aromatic heterocycles. The van der Waals surface area contributed by atoms with Gasteiger partial charge in [0.2, 0.25) is 5.89 Å². The highest BCUT2D eigenvalue weighted by Gasteiger charge is 2.12. The molecule has 0 unspecified atom stereocenters. The van der Waals surface area contributed by atoms with Crippen LogP contribution in [0.2, 0.25) is 0 Å². The number of benzene rings is 1. The summed E-state index contributed by atoms with van der Waals surface area (Å²) in [5.41, 5.74) is 9.56. The van der Waals surface area contributed by atoms with Crippen LogP contribution in [0.5, 0.6) is 0 Å². The van der Waals surface area contributed by atoms with Crippen molar-refractivity contribution in [2.24, 2.45) is 0 Å². The lowest BCUT2D eigenvalue weighted by Crippen LogP contribution is -1.88. The molecule has 1 heterocycles. The predicted octanol–water partition coefficient (Wildman–Crippen LogP) is 3.10. The maximum Gasteiger partial charge on any atom is 0.226 e. The number of nitrogen functional groups attached to an aromatic ring is 1. The van der Waals surface area contributed by atoms with Crippen LogP contribution < -0.4 is 5.73 Å². The van der Waals surface area contributed by atoms with E-state index >= 15 is 0 Å². The second-order valence-corrected chi connectivity index (χ2v) is 3.96. The topological polar surface area (TPSA) is 52.0 Å². The van der Waals surface area contributed by atoms with Gasteiger partial charge in [0.1, 0.15) is 5.76 Å². The fourth-order valence-corrected chi connectivity index (χ4v) is 1.74. The number of aryl methyl sites for hydroxylation is 3. The molecule has 2 rings (SSSR count). The van der Waals surface area contributed by atoms with Gasteiger partial charge in [-0.3, -0.25) is 0 Å². The number of nitrogens with two attached hydrogens (primary N) is 1. The number of aromatic nitrogens is 1. The average molecular weight is 216 g/mol. The molecule has 0 aliphatic carbocycles. The first kappa shape index (κ1) is 10.7. The summed E-state index contributed by atoms with van der Waals surface area (Å²) in [6, 6.07) is 5.77. The first-order chi connectivity index (χ1) is 7.61. The molecule has 3 heteroatoms. The first-order valence-electron chi connectivity index (χ1n) is 5.44. The Morgan fingerprint density at radius 1 is 1.31 bits per heavy atom. The quantitative estimate of drug-likeness (QED) is 0.785. The first-order valence-corrected chi connectivity index (χ1v) is 5.44. The van der Waals surface area contributed by atoms with E-state index in [4.69, 9.17) is 10.2 Å². The third-order valence-corrected chi connectivity index (χ3v) is 2.71. The standard InChI is InChI=1S/C13H16N2O/c1-4-12-9(3)15-13(16-12)11-7-10(14)6-5-8(11)2/h5-7H,4,14H2,1-3H3. The summed E-state index contributed by atoms with van der Waals surface area (Å²) in [5.74, 6) is 1.61. The van der Waals surface area contributed by atoms with Crippen molar-refractivity contribution in [2.45, 2.75) is 27.2 Å². The predicted molar refractivity (Wildman–Crippen MR) is 65.2 cm³/mol. The number of nitrogens with zero attached hydrogens (tertiary/aromatic N) is 1. The minimum Gasteiger partial charge on any atom is -0.441 e. The molecule has 0 amide bonds. The van der Waals surface area contributed by atoms with Crippen molar-refractivity contribution in [3.8, 4) is 11.5 Å². The van der Waals surface area contributed by atoms with E-state index < -0.39 is 0 Å². The molecule has 0 saturated carbocycles. The maximum atomic E-state index is 5.77. The van der Waals surface area contributed by atoms with Gasteiger partial charge in [0.05, 0.1) is 5.69 Å². The molecule has 2 aromatic rings. The molecule has 0 atom stereocenters. The second kappa shape index (κ2) is 4.00. The van der Waals surface area contributed by atoms with Gasteiger partial charge in [-0.2, -0.15) is 0 Å². The molecule has 16 heavy (non-hydrogen) atoms. The summed E-state index contributed by atoms with van der Waals surface area (Å²) in [4.78, 5) is 4.43. The monoisotopic (exact) mass is 216 g/mol. The minimum absolute atomic E-state index is 0.666. The van der Waals surface area contributed by atoms with Gasteiger partial charge in [0.25, 0.3) is 0 Å². The SMILES string of the molecule is CCc1oc(-c2cc(N)ccc2C)nc1C. The van der Waals surface area contributed by atoms with Crippen LogP contribution in [0.3, 0.4) is 0 Å². The summed E-state index contributed by atoms with van der Waals surface area (Å²) in [6.45, 7) is 6.05. The van der Waals surface area contributed by atoms with Gasteiger partial charge in [0, 0.05) is 17.7 Å². The normalized spacial score (nSPS) is 10.7. The van der Waals surface area contributed by atoms with Crippen LogP contribution in [0.25, 0.3) is 11.5 Å². The second-order valence-electron chi connectivity index (χ2n) is 3.96. The van der Waals surface area contributed by atoms with E-state index in [9.17, 15) is 0 Å². The van der Waals surface area contributed by atoms with Crippen LogP contribution in [0, 0.1) is 13.8 Å². The largest absolute Gasteiger partial charge is 0.441 e. The molecule has 0 radical (unpaired) electrons. The number of oxazole rings is 1. The van der Waals surface area contributed by atoms with Crippen LogP contribution in [-0.4, -0.2) is 4.98 Å². The molecule has 1 aromatic carbocycles. The van der Waals surface area contributed by atoms with Crippen molar-refractivity contribution in [3.63, 3.8) is 0 Å². The van der Waals surface area contributed by atoms with Gasteiger partial charge in [-0.1, -0.05) is 13.0 Å². The number of rotatable bonds is 2. The molecule has 0 aliphatic rings. The highest BCUT2D eigenvalue weighted by Crippen LogP contribution is 2.26. The zero-order chi connectivity index (χ0) is 11.7. The van der Waals surface area contributed by atoms with E-state index in [2.05, 4.69) is 11.9 Å². The smallest absolute Gasteiger partial charge is 0.226 e. The fraction of sp³-hybridized carbons (Fsp3) is 0.308. The van der Waals surface area contributed by atoms with E-state index in [0.29, 0.717) is 5.89 Å². The highest BCUT2D eigenvalue weighted by molar-refractivity contribution is 5.64. The third-order valence-electron chi connectivity index (χ3n) is 2.71. The lowest BCUT2D eigenvalue weighted by molar-refractivity contribution is 0.522. The average Bonchev–Trinajstić information content (AvgIpc) is 2.63. The van der Waals surface area contributed by atoms with Crippen molar-refractivity contribution in [1.29, 1.82) is 0 Å². The Morgan fingerprint density at radius 2 is 2.06 bits per heavy atom. The molecular formula is C13H16N2O. The van der Waals surface area contributed by atoms with Crippen molar-refractivity contribution >= 4 is 5.69 Å². The van der Waals surface area contributed by atoms with E-state index in [0.717, 1.165) is 34.7 Å². The highest BCUT2D eigenvalue weighted by atomic mass is 16.4. The summed E-state index contributed by atoms with van der Waals surface area (Å²) >= 11 is 0. The van der Waals surface area contributed by atoms with E-state index in [-0.39, 0.29) is 0 Å². The fourth-order valence-electron chi connectivity index (χ4n) is 1.74. The Labute approximate surface area is 95.3 Å².